The molecule has 0 aliphatic heterocycles. The summed E-state index contributed by atoms with van der Waals surface area (Å²) in [6.07, 6.45) is 1.21. The maximum atomic E-state index is 11.8. The van der Waals surface area contributed by atoms with E-state index < -0.39 is 10.2 Å². The molecule has 2 aromatic rings. The van der Waals surface area contributed by atoms with Gasteiger partial charge in [0, 0.05) is 24.3 Å². The number of aromatic nitrogens is 3. The minimum absolute atomic E-state index is 0.422. The largest absolute Gasteiger partial charge is 0.323 e. The van der Waals surface area contributed by atoms with Gasteiger partial charge in [-0.25, -0.2) is 4.98 Å². The zero-order valence-electron chi connectivity index (χ0n) is 10.9. The van der Waals surface area contributed by atoms with Crippen molar-refractivity contribution in [2.24, 2.45) is 0 Å². The second kappa shape index (κ2) is 6.25. The molecule has 0 spiro atoms. The Kier molecular flexibility index (Phi) is 4.84. The molecule has 0 atom stereocenters. The van der Waals surface area contributed by atoms with E-state index >= 15 is 0 Å². The van der Waals surface area contributed by atoms with Crippen LogP contribution in [0.3, 0.4) is 0 Å². The summed E-state index contributed by atoms with van der Waals surface area (Å²) in [7, 11) is -0.695. The normalized spacial score (nSPS) is 12.0. The molecule has 1 aromatic heterocycles. The minimum atomic E-state index is -3.59. The molecule has 0 amide bonds. The zero-order chi connectivity index (χ0) is 14.8. The minimum Gasteiger partial charge on any atom is -0.209 e. The Hall–Kier alpha value is -0.900. The number of benzene rings is 1. The van der Waals surface area contributed by atoms with Crippen LogP contribution in [-0.2, 0) is 16.0 Å². The van der Waals surface area contributed by atoms with E-state index in [1.54, 1.807) is 0 Å². The van der Waals surface area contributed by atoms with Crippen LogP contribution >= 0.6 is 27.7 Å². The molecule has 0 N–H and O–H groups in total. The first kappa shape index (κ1) is 15.5. The van der Waals surface area contributed by atoms with Crippen LogP contribution in [0.5, 0.6) is 0 Å². The average molecular weight is 377 g/mol. The second-order valence-corrected chi connectivity index (χ2v) is 7.87. The number of halogens is 1. The smallest absolute Gasteiger partial charge is 0.209 e. The van der Waals surface area contributed by atoms with Crippen molar-refractivity contribution in [3.63, 3.8) is 0 Å². The standard InChI is InChI=1S/C11H13BrN4O2S2/c1-15(2)20(17,18)16-8-13-11(14-16)19-7-9-5-3-4-6-10(9)12/h3-6,8H,7H2,1-2H3. The summed E-state index contributed by atoms with van der Waals surface area (Å²) in [4.78, 5) is 4.00. The molecular formula is C11H13BrN4O2S2. The van der Waals surface area contributed by atoms with Crippen molar-refractivity contribution in [2.45, 2.75) is 10.9 Å². The summed E-state index contributed by atoms with van der Waals surface area (Å²) in [6, 6.07) is 7.83. The maximum Gasteiger partial charge on any atom is 0.323 e. The molecule has 0 radical (unpaired) electrons. The van der Waals surface area contributed by atoms with Gasteiger partial charge in [-0.2, -0.15) is 12.7 Å². The summed E-state index contributed by atoms with van der Waals surface area (Å²) in [5.41, 5.74) is 1.10. The van der Waals surface area contributed by atoms with Crippen LogP contribution in [0.1, 0.15) is 5.56 Å². The van der Waals surface area contributed by atoms with Crippen molar-refractivity contribution in [3.05, 3.63) is 40.6 Å². The Morgan fingerprint density at radius 3 is 2.70 bits per heavy atom. The van der Waals surface area contributed by atoms with Gasteiger partial charge in [0.1, 0.15) is 6.33 Å². The van der Waals surface area contributed by atoms with Gasteiger partial charge in [0.25, 0.3) is 0 Å². The summed E-state index contributed by atoms with van der Waals surface area (Å²) in [5, 5.41) is 4.39. The molecule has 0 unspecified atom stereocenters. The first-order chi connectivity index (χ1) is 9.41. The third-order valence-corrected chi connectivity index (χ3v) is 5.71. The number of hydrogen-bond acceptors (Lipinski definition) is 5. The van der Waals surface area contributed by atoms with Crippen molar-refractivity contribution in [1.82, 2.24) is 18.5 Å². The van der Waals surface area contributed by atoms with Crippen LogP contribution in [0, 0.1) is 0 Å². The third kappa shape index (κ3) is 3.40. The van der Waals surface area contributed by atoms with Gasteiger partial charge in [0.05, 0.1) is 0 Å². The van der Waals surface area contributed by atoms with Gasteiger partial charge in [-0.05, 0) is 11.6 Å². The van der Waals surface area contributed by atoms with Gasteiger partial charge >= 0.3 is 10.2 Å². The molecule has 0 aliphatic carbocycles. The topological polar surface area (TPSA) is 68.1 Å². The van der Waals surface area contributed by atoms with E-state index in [0.29, 0.717) is 10.9 Å². The van der Waals surface area contributed by atoms with Crippen molar-refractivity contribution < 1.29 is 8.42 Å². The lowest BCUT2D eigenvalue weighted by molar-refractivity contribution is 0.502. The van der Waals surface area contributed by atoms with Crippen molar-refractivity contribution >= 4 is 37.9 Å². The number of nitrogens with zero attached hydrogens (tertiary/aromatic N) is 4. The maximum absolute atomic E-state index is 11.8. The highest BCUT2D eigenvalue weighted by atomic mass is 79.9. The molecule has 108 valence electrons. The zero-order valence-corrected chi connectivity index (χ0v) is 14.1. The van der Waals surface area contributed by atoms with E-state index in [4.69, 9.17) is 0 Å². The molecule has 0 bridgehead atoms. The van der Waals surface area contributed by atoms with Crippen LogP contribution in [0.25, 0.3) is 0 Å². The van der Waals surface area contributed by atoms with E-state index in [0.717, 1.165) is 18.4 Å². The van der Waals surface area contributed by atoms with Gasteiger partial charge in [0.2, 0.25) is 5.16 Å². The van der Waals surface area contributed by atoms with Gasteiger partial charge in [-0.1, -0.05) is 45.9 Å². The lowest BCUT2D eigenvalue weighted by atomic mass is 10.2. The predicted molar refractivity (Wildman–Crippen MR) is 81.7 cm³/mol. The summed E-state index contributed by atoms with van der Waals surface area (Å²) in [5.74, 6) is 0.660. The van der Waals surface area contributed by atoms with E-state index in [1.807, 2.05) is 24.3 Å². The quantitative estimate of drug-likeness (QED) is 0.746. The molecule has 0 saturated heterocycles. The first-order valence-corrected chi connectivity index (χ1v) is 8.79. The SMILES string of the molecule is CN(C)S(=O)(=O)n1cnc(SCc2ccccc2Br)n1. The predicted octanol–water partition coefficient (Wildman–Crippen LogP) is 1.99. The highest BCUT2D eigenvalue weighted by molar-refractivity contribution is 9.10. The molecule has 0 fully saturated rings. The van der Waals surface area contributed by atoms with Crippen molar-refractivity contribution in [3.8, 4) is 0 Å². The lowest BCUT2D eigenvalue weighted by Gasteiger charge is -2.09. The molecular weight excluding hydrogens is 364 g/mol. The van der Waals surface area contributed by atoms with E-state index in [9.17, 15) is 8.42 Å². The Morgan fingerprint density at radius 1 is 1.35 bits per heavy atom. The lowest BCUT2D eigenvalue weighted by Crippen LogP contribution is -2.29. The van der Waals surface area contributed by atoms with E-state index in [2.05, 4.69) is 26.0 Å². The highest BCUT2D eigenvalue weighted by Crippen LogP contribution is 2.24. The van der Waals surface area contributed by atoms with Crippen molar-refractivity contribution in [1.29, 1.82) is 0 Å². The summed E-state index contributed by atoms with van der Waals surface area (Å²) >= 11 is 4.84. The average Bonchev–Trinajstić information content (AvgIpc) is 2.87. The van der Waals surface area contributed by atoms with Crippen LogP contribution in [0.2, 0.25) is 0 Å². The van der Waals surface area contributed by atoms with E-state index in [-0.39, 0.29) is 0 Å². The fourth-order valence-electron chi connectivity index (χ4n) is 1.34. The van der Waals surface area contributed by atoms with Gasteiger partial charge in [-0.15, -0.1) is 9.19 Å². The number of rotatable bonds is 5. The Balaban J connectivity index is 2.10. The van der Waals surface area contributed by atoms with E-state index in [1.165, 1.54) is 32.2 Å². The molecule has 20 heavy (non-hydrogen) atoms. The van der Waals surface area contributed by atoms with Crippen LogP contribution in [-0.4, -0.2) is 41.0 Å². The molecule has 6 nitrogen and oxygen atoms in total. The first-order valence-electron chi connectivity index (χ1n) is 5.62. The van der Waals surface area contributed by atoms with Gasteiger partial charge in [0.15, 0.2) is 0 Å². The Bertz CT molecular complexity index is 700. The molecule has 1 aromatic carbocycles. The highest BCUT2D eigenvalue weighted by Gasteiger charge is 2.18. The van der Waals surface area contributed by atoms with Gasteiger partial charge in [-0.3, -0.25) is 0 Å². The molecule has 0 saturated carbocycles. The monoisotopic (exact) mass is 376 g/mol. The fraction of sp³-hybridized carbons (Fsp3) is 0.273. The Morgan fingerprint density at radius 2 is 2.05 bits per heavy atom. The van der Waals surface area contributed by atoms with Crippen LogP contribution < -0.4 is 0 Å². The number of thioether (sulfide) groups is 1. The summed E-state index contributed by atoms with van der Waals surface area (Å²) in [6.45, 7) is 0. The van der Waals surface area contributed by atoms with Crippen molar-refractivity contribution in [2.75, 3.05) is 14.1 Å². The summed E-state index contributed by atoms with van der Waals surface area (Å²) < 4.78 is 26.7. The molecule has 1 heterocycles. The third-order valence-electron chi connectivity index (χ3n) is 2.46. The second-order valence-electron chi connectivity index (χ2n) is 4.07. The van der Waals surface area contributed by atoms with Gasteiger partial charge < -0.3 is 0 Å². The molecule has 2 rings (SSSR count). The molecule has 9 heteroatoms. The van der Waals surface area contributed by atoms with Crippen LogP contribution in [0.15, 0.2) is 40.2 Å². The van der Waals surface area contributed by atoms with Crippen LogP contribution in [0.4, 0.5) is 0 Å². The number of hydrogen-bond donors (Lipinski definition) is 0. The fourth-order valence-corrected chi connectivity index (χ4v) is 3.48. The Labute approximate surface area is 130 Å². The molecule has 0 aliphatic rings.